The second kappa shape index (κ2) is 6.13. The van der Waals surface area contributed by atoms with E-state index in [1.165, 1.54) is 12.1 Å². The molecule has 0 aliphatic rings. The Hall–Kier alpha value is -2.08. The monoisotopic (exact) mass is 308 g/mol. The molecule has 0 aliphatic carbocycles. The van der Waals surface area contributed by atoms with E-state index in [0.717, 1.165) is 4.88 Å². The Labute approximate surface area is 126 Å². The Balaban J connectivity index is 2.41. The van der Waals surface area contributed by atoms with E-state index in [-0.39, 0.29) is 11.7 Å². The molecule has 1 aromatic carbocycles. The minimum atomic E-state index is -1.32. The Kier molecular flexibility index (Phi) is 4.47. The molecule has 2 aromatic rings. The van der Waals surface area contributed by atoms with Crippen LogP contribution in [-0.2, 0) is 6.54 Å². The molecule has 112 valence electrons. The third kappa shape index (κ3) is 3.33. The summed E-state index contributed by atoms with van der Waals surface area (Å²) in [6.45, 7) is 4.57. The van der Waals surface area contributed by atoms with Gasteiger partial charge in [0.25, 0.3) is 0 Å². The van der Waals surface area contributed by atoms with Gasteiger partial charge < -0.3 is 15.7 Å². The molecule has 2 rings (SSSR count). The lowest BCUT2D eigenvalue weighted by Gasteiger charge is -2.30. The Bertz CT molecular complexity index is 641. The van der Waals surface area contributed by atoms with Crippen molar-refractivity contribution in [3.05, 3.63) is 45.9 Å². The van der Waals surface area contributed by atoms with Gasteiger partial charge in [-0.2, -0.15) is 0 Å². The van der Waals surface area contributed by atoms with Crippen LogP contribution in [0.1, 0.15) is 29.1 Å². The minimum Gasteiger partial charge on any atom is -0.478 e. The Morgan fingerprint density at radius 2 is 2.19 bits per heavy atom. The van der Waals surface area contributed by atoms with Crippen LogP contribution in [0, 0.1) is 5.82 Å². The van der Waals surface area contributed by atoms with Gasteiger partial charge in [-0.05, 0) is 31.4 Å². The fourth-order valence-electron chi connectivity index (χ4n) is 2.11. The SMILES string of the molecule is CC(C)N(Cc1cccs1)c1cc(F)c(C(=O)O)cc1N. The highest BCUT2D eigenvalue weighted by Crippen LogP contribution is 2.30. The fourth-order valence-corrected chi connectivity index (χ4v) is 2.81. The average Bonchev–Trinajstić information content (AvgIpc) is 2.91. The number of carboxylic acid groups (broad SMARTS) is 1. The first kappa shape index (κ1) is 15.3. The van der Waals surface area contributed by atoms with Gasteiger partial charge in [-0.25, -0.2) is 9.18 Å². The zero-order chi connectivity index (χ0) is 15.6. The molecule has 1 aromatic heterocycles. The van der Waals surface area contributed by atoms with Gasteiger partial charge in [-0.15, -0.1) is 11.3 Å². The average molecular weight is 308 g/mol. The number of hydrogen-bond donors (Lipinski definition) is 2. The van der Waals surface area contributed by atoms with Crippen LogP contribution in [0.2, 0.25) is 0 Å². The van der Waals surface area contributed by atoms with E-state index in [1.54, 1.807) is 11.3 Å². The number of anilines is 2. The number of halogens is 1. The summed E-state index contributed by atoms with van der Waals surface area (Å²) in [7, 11) is 0. The van der Waals surface area contributed by atoms with E-state index >= 15 is 0 Å². The fraction of sp³-hybridized carbons (Fsp3) is 0.267. The van der Waals surface area contributed by atoms with Crippen LogP contribution in [0.25, 0.3) is 0 Å². The molecule has 0 unspecified atom stereocenters. The van der Waals surface area contributed by atoms with Crippen LogP contribution in [-0.4, -0.2) is 17.1 Å². The molecule has 4 nitrogen and oxygen atoms in total. The quantitative estimate of drug-likeness (QED) is 0.829. The summed E-state index contributed by atoms with van der Waals surface area (Å²) < 4.78 is 13.9. The minimum absolute atomic E-state index is 0.101. The maximum absolute atomic E-state index is 13.9. The number of hydrogen-bond acceptors (Lipinski definition) is 4. The number of rotatable bonds is 5. The number of thiophene rings is 1. The highest BCUT2D eigenvalue weighted by atomic mass is 32.1. The molecule has 0 atom stereocenters. The van der Waals surface area contributed by atoms with E-state index in [0.29, 0.717) is 12.2 Å². The summed E-state index contributed by atoms with van der Waals surface area (Å²) in [5, 5.41) is 10.9. The first-order valence-corrected chi connectivity index (χ1v) is 7.39. The number of nitrogen functional groups attached to an aromatic ring is 1. The molecule has 0 amide bonds. The van der Waals surface area contributed by atoms with E-state index < -0.39 is 17.3 Å². The summed E-state index contributed by atoms with van der Waals surface area (Å²) >= 11 is 1.61. The number of nitrogens with two attached hydrogens (primary N) is 1. The largest absolute Gasteiger partial charge is 0.478 e. The zero-order valence-electron chi connectivity index (χ0n) is 11.8. The lowest BCUT2D eigenvalue weighted by atomic mass is 10.1. The van der Waals surface area contributed by atoms with Crippen molar-refractivity contribution in [3.63, 3.8) is 0 Å². The van der Waals surface area contributed by atoms with Crippen LogP contribution in [0.3, 0.4) is 0 Å². The van der Waals surface area contributed by atoms with Crippen LogP contribution in [0.4, 0.5) is 15.8 Å². The van der Waals surface area contributed by atoms with Crippen molar-refractivity contribution in [2.45, 2.75) is 26.4 Å². The first-order chi connectivity index (χ1) is 9.90. The van der Waals surface area contributed by atoms with Gasteiger partial charge in [-0.3, -0.25) is 0 Å². The van der Waals surface area contributed by atoms with Crippen LogP contribution < -0.4 is 10.6 Å². The lowest BCUT2D eigenvalue weighted by molar-refractivity contribution is 0.0692. The van der Waals surface area contributed by atoms with Crippen molar-refractivity contribution in [2.24, 2.45) is 0 Å². The van der Waals surface area contributed by atoms with Crippen molar-refractivity contribution in [1.82, 2.24) is 0 Å². The molecule has 0 saturated heterocycles. The predicted molar refractivity (Wildman–Crippen MR) is 83.4 cm³/mol. The second-order valence-electron chi connectivity index (χ2n) is 5.00. The second-order valence-corrected chi connectivity index (χ2v) is 6.03. The Morgan fingerprint density at radius 1 is 1.48 bits per heavy atom. The number of nitrogens with zero attached hydrogens (tertiary/aromatic N) is 1. The normalized spacial score (nSPS) is 10.9. The maximum Gasteiger partial charge on any atom is 0.338 e. The van der Waals surface area contributed by atoms with Gasteiger partial charge in [0, 0.05) is 17.0 Å². The van der Waals surface area contributed by atoms with Gasteiger partial charge >= 0.3 is 5.97 Å². The van der Waals surface area contributed by atoms with Crippen LogP contribution in [0.15, 0.2) is 29.6 Å². The molecule has 21 heavy (non-hydrogen) atoms. The highest BCUT2D eigenvalue weighted by Gasteiger charge is 2.19. The van der Waals surface area contributed by atoms with Crippen molar-refractivity contribution < 1.29 is 14.3 Å². The van der Waals surface area contributed by atoms with Crippen molar-refractivity contribution >= 4 is 28.7 Å². The number of carboxylic acids is 1. The maximum atomic E-state index is 13.9. The lowest BCUT2D eigenvalue weighted by Crippen LogP contribution is -2.30. The van der Waals surface area contributed by atoms with E-state index in [9.17, 15) is 9.18 Å². The van der Waals surface area contributed by atoms with Crippen LogP contribution >= 0.6 is 11.3 Å². The van der Waals surface area contributed by atoms with Gasteiger partial charge in [0.1, 0.15) is 5.82 Å². The molecule has 0 radical (unpaired) electrons. The molecular weight excluding hydrogens is 291 g/mol. The molecule has 0 saturated carbocycles. The summed E-state index contributed by atoms with van der Waals surface area (Å²) in [6.07, 6.45) is 0. The van der Waals surface area contributed by atoms with Crippen molar-refractivity contribution in [2.75, 3.05) is 10.6 Å². The van der Waals surface area contributed by atoms with Gasteiger partial charge in [-0.1, -0.05) is 6.07 Å². The summed E-state index contributed by atoms with van der Waals surface area (Å²) in [6, 6.07) is 6.43. The van der Waals surface area contributed by atoms with Gasteiger partial charge in [0.2, 0.25) is 0 Å². The third-order valence-corrected chi connectivity index (χ3v) is 4.05. The predicted octanol–water partition coefficient (Wildman–Crippen LogP) is 3.58. The van der Waals surface area contributed by atoms with Gasteiger partial charge in [0.15, 0.2) is 0 Å². The summed E-state index contributed by atoms with van der Waals surface area (Å²) in [5.74, 6) is -2.09. The molecule has 3 N–H and O–H groups in total. The number of aromatic carboxylic acids is 1. The van der Waals surface area contributed by atoms with E-state index in [2.05, 4.69) is 0 Å². The van der Waals surface area contributed by atoms with Gasteiger partial charge in [0.05, 0.1) is 23.5 Å². The molecule has 0 spiro atoms. The first-order valence-electron chi connectivity index (χ1n) is 6.51. The molecule has 6 heteroatoms. The van der Waals surface area contributed by atoms with E-state index in [1.807, 2.05) is 36.3 Å². The molecule has 0 bridgehead atoms. The zero-order valence-corrected chi connectivity index (χ0v) is 12.7. The topological polar surface area (TPSA) is 66.6 Å². The third-order valence-electron chi connectivity index (χ3n) is 3.19. The van der Waals surface area contributed by atoms with Crippen molar-refractivity contribution in [3.8, 4) is 0 Å². The molecule has 0 fully saturated rings. The van der Waals surface area contributed by atoms with Crippen molar-refractivity contribution in [1.29, 1.82) is 0 Å². The number of carbonyl (C=O) groups is 1. The summed E-state index contributed by atoms with van der Waals surface area (Å²) in [4.78, 5) is 14.0. The smallest absolute Gasteiger partial charge is 0.338 e. The molecule has 0 aliphatic heterocycles. The highest BCUT2D eigenvalue weighted by molar-refractivity contribution is 7.09. The van der Waals surface area contributed by atoms with E-state index in [4.69, 9.17) is 10.8 Å². The number of benzene rings is 1. The van der Waals surface area contributed by atoms with Crippen LogP contribution in [0.5, 0.6) is 0 Å². The Morgan fingerprint density at radius 3 is 2.71 bits per heavy atom. The molecular formula is C15H17FN2O2S. The molecule has 1 heterocycles. The summed E-state index contributed by atoms with van der Waals surface area (Å²) in [5.41, 5.74) is 6.30. The standard InChI is InChI=1S/C15H17FN2O2S/c1-9(2)18(8-10-4-3-5-21-10)14-7-12(16)11(15(19)20)6-13(14)17/h3-7,9H,8,17H2,1-2H3,(H,19,20).